The van der Waals surface area contributed by atoms with E-state index in [1.807, 2.05) is 0 Å². The summed E-state index contributed by atoms with van der Waals surface area (Å²) in [6.07, 6.45) is 8.23. The van der Waals surface area contributed by atoms with Crippen LogP contribution in [0.15, 0.2) is 0 Å². The van der Waals surface area contributed by atoms with Gasteiger partial charge in [0.1, 0.15) is 0 Å². The van der Waals surface area contributed by atoms with Gasteiger partial charge < -0.3 is 0 Å². The Labute approximate surface area is 101 Å². The molecule has 3 rings (SSSR count). The van der Waals surface area contributed by atoms with E-state index in [1.165, 1.54) is 12.8 Å². The fourth-order valence-corrected chi connectivity index (χ4v) is 5.61. The van der Waals surface area contributed by atoms with E-state index in [-0.39, 0.29) is 16.2 Å². The Morgan fingerprint density at radius 1 is 0.933 bits per heavy atom. The van der Waals surface area contributed by atoms with Gasteiger partial charge in [0.25, 0.3) is 0 Å². The summed E-state index contributed by atoms with van der Waals surface area (Å²) in [5, 5.41) is -1.28. The van der Waals surface area contributed by atoms with E-state index in [2.05, 4.69) is 0 Å². The second kappa shape index (κ2) is 3.04. The lowest BCUT2D eigenvalue weighted by molar-refractivity contribution is 0.272. The van der Waals surface area contributed by atoms with E-state index in [0.29, 0.717) is 0 Å². The molecule has 0 aromatic rings. The normalized spacial score (nSPS) is 59.0. The number of hydrogen-bond donors (Lipinski definition) is 0. The SMILES string of the molecule is FC1(Cl)[C@@]23CCCCCC[C@@]12CC(Cl)C3. The summed E-state index contributed by atoms with van der Waals surface area (Å²) >= 11 is 12.4. The van der Waals surface area contributed by atoms with E-state index in [4.69, 9.17) is 23.2 Å². The Bertz CT molecular complexity index is 265. The number of halogens is 3. The highest BCUT2D eigenvalue weighted by molar-refractivity contribution is 6.28. The lowest BCUT2D eigenvalue weighted by atomic mass is 9.84. The summed E-state index contributed by atoms with van der Waals surface area (Å²) in [7, 11) is 0. The predicted octanol–water partition coefficient (Wildman–Crippen LogP) is 4.63. The molecule has 0 bridgehead atoms. The molecule has 0 aromatic heterocycles. The molecule has 3 heteroatoms. The largest absolute Gasteiger partial charge is 0.225 e. The van der Waals surface area contributed by atoms with Gasteiger partial charge in [-0.1, -0.05) is 37.3 Å². The Kier molecular flexibility index (Phi) is 2.16. The molecule has 0 aliphatic heterocycles. The molecule has 0 N–H and O–H groups in total. The molecule has 3 aliphatic rings. The molecule has 4 atom stereocenters. The number of rotatable bonds is 0. The Hall–Kier alpha value is 0.510. The summed E-state index contributed by atoms with van der Waals surface area (Å²) in [4.78, 5) is 0. The van der Waals surface area contributed by atoms with Crippen molar-refractivity contribution in [2.75, 3.05) is 0 Å². The van der Waals surface area contributed by atoms with Crippen molar-refractivity contribution in [2.24, 2.45) is 10.8 Å². The smallest absolute Gasteiger partial charge is 0.196 e. The van der Waals surface area contributed by atoms with Crippen molar-refractivity contribution < 1.29 is 4.39 Å². The monoisotopic (exact) mass is 250 g/mol. The third kappa shape index (κ3) is 1.05. The zero-order valence-corrected chi connectivity index (χ0v) is 10.4. The van der Waals surface area contributed by atoms with E-state index < -0.39 is 5.13 Å². The first kappa shape index (κ1) is 10.7. The lowest BCUT2D eigenvalue weighted by Crippen LogP contribution is -2.16. The summed E-state index contributed by atoms with van der Waals surface area (Å²) < 4.78 is 14.5. The predicted molar refractivity (Wildman–Crippen MR) is 61.1 cm³/mol. The molecule has 0 radical (unpaired) electrons. The van der Waals surface area contributed by atoms with Gasteiger partial charge in [0.2, 0.25) is 0 Å². The van der Waals surface area contributed by atoms with E-state index in [1.54, 1.807) is 0 Å². The van der Waals surface area contributed by atoms with Crippen LogP contribution < -0.4 is 0 Å². The summed E-state index contributed by atoms with van der Waals surface area (Å²) in [6, 6.07) is 0. The zero-order chi connectivity index (χ0) is 10.7. The van der Waals surface area contributed by atoms with Gasteiger partial charge in [0, 0.05) is 16.2 Å². The van der Waals surface area contributed by atoms with Crippen molar-refractivity contribution in [3.63, 3.8) is 0 Å². The maximum atomic E-state index is 14.5. The summed E-state index contributed by atoms with van der Waals surface area (Å²) in [5.74, 6) is 0. The second-order valence-electron chi connectivity index (χ2n) is 5.66. The molecular weight excluding hydrogens is 234 g/mol. The first-order chi connectivity index (χ1) is 7.06. The van der Waals surface area contributed by atoms with Crippen LogP contribution in [0.1, 0.15) is 51.4 Å². The van der Waals surface area contributed by atoms with Gasteiger partial charge in [0.05, 0.1) is 0 Å². The number of hydrogen-bond acceptors (Lipinski definition) is 0. The van der Waals surface area contributed by atoms with Gasteiger partial charge in [-0.3, -0.25) is 0 Å². The Morgan fingerprint density at radius 2 is 1.40 bits per heavy atom. The van der Waals surface area contributed by atoms with Gasteiger partial charge in [0.15, 0.2) is 5.13 Å². The third-order valence-corrected chi connectivity index (χ3v) is 6.18. The van der Waals surface area contributed by atoms with Gasteiger partial charge in [-0.15, -0.1) is 11.6 Å². The van der Waals surface area contributed by atoms with Crippen LogP contribution >= 0.6 is 23.2 Å². The van der Waals surface area contributed by atoms with Crippen molar-refractivity contribution in [3.8, 4) is 0 Å². The molecule has 0 heterocycles. The van der Waals surface area contributed by atoms with Crippen LogP contribution in [-0.2, 0) is 0 Å². The van der Waals surface area contributed by atoms with Crippen molar-refractivity contribution >= 4 is 23.2 Å². The van der Waals surface area contributed by atoms with Crippen LogP contribution in [0.2, 0.25) is 0 Å². The van der Waals surface area contributed by atoms with Crippen molar-refractivity contribution in [1.82, 2.24) is 0 Å². The van der Waals surface area contributed by atoms with Crippen molar-refractivity contribution in [1.29, 1.82) is 0 Å². The average molecular weight is 251 g/mol. The molecule has 0 amide bonds. The van der Waals surface area contributed by atoms with Crippen LogP contribution in [-0.4, -0.2) is 10.5 Å². The zero-order valence-electron chi connectivity index (χ0n) is 8.87. The topological polar surface area (TPSA) is 0 Å². The minimum absolute atomic E-state index is 0.158. The first-order valence-electron chi connectivity index (χ1n) is 6.08. The fourth-order valence-electron chi connectivity index (χ4n) is 4.42. The molecule has 0 saturated heterocycles. The molecule has 0 spiro atoms. The number of alkyl halides is 3. The molecule has 86 valence electrons. The first-order valence-corrected chi connectivity index (χ1v) is 6.89. The minimum atomic E-state index is -1.43. The third-order valence-electron chi connectivity index (χ3n) is 5.15. The highest BCUT2D eigenvalue weighted by atomic mass is 35.5. The van der Waals surface area contributed by atoms with E-state index in [9.17, 15) is 4.39 Å². The van der Waals surface area contributed by atoms with Crippen LogP contribution in [0, 0.1) is 10.8 Å². The quantitative estimate of drug-likeness (QED) is 0.550. The Morgan fingerprint density at radius 3 is 1.87 bits per heavy atom. The van der Waals surface area contributed by atoms with Crippen LogP contribution in [0.4, 0.5) is 4.39 Å². The summed E-state index contributed by atoms with van der Waals surface area (Å²) in [5.41, 5.74) is -0.511. The van der Waals surface area contributed by atoms with Gasteiger partial charge in [-0.25, -0.2) is 4.39 Å². The van der Waals surface area contributed by atoms with Gasteiger partial charge in [-0.05, 0) is 25.7 Å². The fraction of sp³-hybridized carbons (Fsp3) is 1.00. The van der Waals surface area contributed by atoms with Gasteiger partial charge in [-0.2, -0.15) is 0 Å². The highest BCUT2D eigenvalue weighted by Gasteiger charge is 2.89. The maximum Gasteiger partial charge on any atom is 0.196 e. The molecule has 0 aromatic carbocycles. The van der Waals surface area contributed by atoms with E-state index in [0.717, 1.165) is 38.5 Å². The lowest BCUT2D eigenvalue weighted by Gasteiger charge is -2.18. The van der Waals surface area contributed by atoms with Crippen molar-refractivity contribution in [3.05, 3.63) is 0 Å². The Balaban J connectivity index is 1.95. The van der Waals surface area contributed by atoms with Crippen LogP contribution in [0.25, 0.3) is 0 Å². The van der Waals surface area contributed by atoms with Gasteiger partial charge >= 0.3 is 0 Å². The second-order valence-corrected chi connectivity index (χ2v) is 6.80. The standard InChI is InChI=1S/C12H17Cl2F/c13-9-7-10-5-3-1-2-4-6-11(10,8-9)12(10,14)15/h9H,1-8H2/t9?,10-,11+,12?. The molecule has 15 heavy (non-hydrogen) atoms. The highest BCUT2D eigenvalue weighted by Crippen LogP contribution is 2.87. The molecule has 3 aliphatic carbocycles. The van der Waals surface area contributed by atoms with Crippen molar-refractivity contribution in [2.45, 2.75) is 61.9 Å². The molecule has 2 unspecified atom stereocenters. The maximum absolute atomic E-state index is 14.5. The summed E-state index contributed by atoms with van der Waals surface area (Å²) in [6.45, 7) is 0. The van der Waals surface area contributed by atoms with E-state index >= 15 is 0 Å². The van der Waals surface area contributed by atoms with Crippen LogP contribution in [0.5, 0.6) is 0 Å². The van der Waals surface area contributed by atoms with Crippen LogP contribution in [0.3, 0.4) is 0 Å². The molecular formula is C12H17Cl2F. The molecule has 3 fully saturated rings. The molecule has 0 nitrogen and oxygen atoms in total. The average Bonchev–Trinajstić information content (AvgIpc) is 2.41. The molecule has 3 saturated carbocycles. The minimum Gasteiger partial charge on any atom is -0.225 e.